The molecular formula is C21H25ClN4O. The average molecular weight is 385 g/mol. The van der Waals surface area contributed by atoms with Crippen LogP contribution in [-0.4, -0.2) is 40.8 Å². The number of halogens is 1. The second-order valence-electron chi connectivity index (χ2n) is 7.99. The van der Waals surface area contributed by atoms with E-state index < -0.39 is 0 Å². The van der Waals surface area contributed by atoms with Crippen LogP contribution in [0.4, 0.5) is 5.82 Å². The molecule has 3 aromatic rings. The van der Waals surface area contributed by atoms with Crippen molar-refractivity contribution in [1.82, 2.24) is 14.5 Å². The minimum absolute atomic E-state index is 0.130. The van der Waals surface area contributed by atoms with Crippen LogP contribution in [0.3, 0.4) is 0 Å². The Bertz CT molecular complexity index is 954. The van der Waals surface area contributed by atoms with E-state index in [1.54, 1.807) is 0 Å². The van der Waals surface area contributed by atoms with E-state index in [9.17, 15) is 0 Å². The first kappa shape index (κ1) is 18.3. The molecule has 0 N–H and O–H groups in total. The van der Waals surface area contributed by atoms with E-state index in [4.69, 9.17) is 26.3 Å². The van der Waals surface area contributed by atoms with Crippen LogP contribution in [0, 0.1) is 0 Å². The van der Waals surface area contributed by atoms with Crippen LogP contribution >= 0.6 is 11.6 Å². The highest BCUT2D eigenvalue weighted by Crippen LogP contribution is 2.30. The van der Waals surface area contributed by atoms with Gasteiger partial charge in [0.05, 0.1) is 25.1 Å². The molecule has 0 spiro atoms. The van der Waals surface area contributed by atoms with Crippen molar-refractivity contribution in [2.75, 3.05) is 31.2 Å². The highest BCUT2D eigenvalue weighted by atomic mass is 35.5. The maximum Gasteiger partial charge on any atom is 0.146 e. The third-order valence-corrected chi connectivity index (χ3v) is 5.25. The van der Waals surface area contributed by atoms with E-state index in [-0.39, 0.29) is 5.41 Å². The monoisotopic (exact) mass is 384 g/mol. The number of ether oxygens (including phenoxy) is 1. The lowest BCUT2D eigenvalue weighted by Gasteiger charge is -2.29. The Morgan fingerprint density at radius 1 is 1.07 bits per heavy atom. The summed E-state index contributed by atoms with van der Waals surface area (Å²) in [4.78, 5) is 12.2. The van der Waals surface area contributed by atoms with Crippen LogP contribution in [0.5, 0.6) is 0 Å². The van der Waals surface area contributed by atoms with Gasteiger partial charge in [0.25, 0.3) is 0 Å². The van der Waals surface area contributed by atoms with Crippen molar-refractivity contribution in [2.24, 2.45) is 0 Å². The predicted octanol–water partition coefficient (Wildman–Crippen LogP) is 4.27. The van der Waals surface area contributed by atoms with Gasteiger partial charge >= 0.3 is 0 Å². The van der Waals surface area contributed by atoms with Gasteiger partial charge in [-0.2, -0.15) is 0 Å². The van der Waals surface area contributed by atoms with Crippen LogP contribution < -0.4 is 4.90 Å². The summed E-state index contributed by atoms with van der Waals surface area (Å²) < 4.78 is 7.69. The van der Waals surface area contributed by atoms with Crippen LogP contribution in [0.1, 0.15) is 32.2 Å². The second kappa shape index (κ2) is 7.13. The summed E-state index contributed by atoms with van der Waals surface area (Å²) in [7, 11) is 0. The van der Waals surface area contributed by atoms with Gasteiger partial charge in [0.15, 0.2) is 0 Å². The minimum atomic E-state index is -0.130. The Labute approximate surface area is 164 Å². The molecule has 1 fully saturated rings. The van der Waals surface area contributed by atoms with Gasteiger partial charge in [0.2, 0.25) is 0 Å². The van der Waals surface area contributed by atoms with Crippen molar-refractivity contribution in [1.29, 1.82) is 0 Å². The highest BCUT2D eigenvalue weighted by Gasteiger charge is 2.24. The van der Waals surface area contributed by atoms with Crippen LogP contribution in [0.25, 0.3) is 11.0 Å². The first-order valence-corrected chi connectivity index (χ1v) is 9.75. The Kier molecular flexibility index (Phi) is 4.82. The van der Waals surface area contributed by atoms with E-state index in [0.29, 0.717) is 6.54 Å². The Morgan fingerprint density at radius 3 is 2.52 bits per heavy atom. The molecule has 0 aliphatic carbocycles. The van der Waals surface area contributed by atoms with Gasteiger partial charge in [0.1, 0.15) is 17.3 Å². The fraction of sp³-hybridized carbons (Fsp3) is 0.429. The Balaban J connectivity index is 1.83. The zero-order valence-electron chi connectivity index (χ0n) is 16.1. The maximum atomic E-state index is 6.38. The Morgan fingerprint density at radius 2 is 1.81 bits per heavy atom. The zero-order chi connectivity index (χ0) is 19.0. The molecule has 0 amide bonds. The van der Waals surface area contributed by atoms with Gasteiger partial charge < -0.3 is 14.2 Å². The third kappa shape index (κ3) is 3.66. The first-order chi connectivity index (χ1) is 12.9. The van der Waals surface area contributed by atoms with Crippen LogP contribution in [0.2, 0.25) is 5.02 Å². The quantitative estimate of drug-likeness (QED) is 0.676. The molecule has 0 unspecified atom stereocenters. The molecule has 5 nitrogen and oxygen atoms in total. The van der Waals surface area contributed by atoms with E-state index in [0.717, 1.165) is 59.6 Å². The second-order valence-corrected chi connectivity index (χ2v) is 8.40. The minimum Gasteiger partial charge on any atom is -0.378 e. The molecule has 0 atom stereocenters. The lowest BCUT2D eigenvalue weighted by molar-refractivity contribution is 0.122. The fourth-order valence-electron chi connectivity index (χ4n) is 3.34. The normalized spacial score (nSPS) is 15.5. The number of hydrogen-bond acceptors (Lipinski definition) is 4. The summed E-state index contributed by atoms with van der Waals surface area (Å²) in [5.41, 5.74) is 1.91. The average Bonchev–Trinajstić information content (AvgIpc) is 3.06. The molecule has 2 aromatic heterocycles. The molecule has 4 rings (SSSR count). The van der Waals surface area contributed by atoms with Crippen molar-refractivity contribution in [3.8, 4) is 0 Å². The van der Waals surface area contributed by atoms with E-state index in [2.05, 4.69) is 48.6 Å². The molecule has 1 aliphatic heterocycles. The Hall–Kier alpha value is -2.11. The number of nitrogens with zero attached hydrogens (tertiary/aromatic N) is 4. The number of benzene rings is 1. The van der Waals surface area contributed by atoms with E-state index in [1.807, 2.05) is 18.2 Å². The number of rotatable bonds is 3. The highest BCUT2D eigenvalue weighted by molar-refractivity contribution is 6.31. The van der Waals surface area contributed by atoms with Crippen molar-refractivity contribution in [3.63, 3.8) is 0 Å². The summed E-state index contributed by atoms with van der Waals surface area (Å²) in [6.07, 6.45) is 2.08. The van der Waals surface area contributed by atoms with Gasteiger partial charge in [-0.25, -0.2) is 9.97 Å². The van der Waals surface area contributed by atoms with E-state index in [1.165, 1.54) is 0 Å². The van der Waals surface area contributed by atoms with Gasteiger partial charge in [-0.3, -0.25) is 0 Å². The molecule has 0 saturated carbocycles. The lowest BCUT2D eigenvalue weighted by Crippen LogP contribution is -2.37. The molecule has 0 radical (unpaired) electrons. The van der Waals surface area contributed by atoms with Gasteiger partial charge in [-0.05, 0) is 17.7 Å². The van der Waals surface area contributed by atoms with Gasteiger partial charge in [0, 0.05) is 29.7 Å². The van der Waals surface area contributed by atoms with Crippen molar-refractivity contribution in [3.05, 3.63) is 52.9 Å². The molecule has 3 heterocycles. The van der Waals surface area contributed by atoms with E-state index >= 15 is 0 Å². The first-order valence-electron chi connectivity index (χ1n) is 9.37. The molecule has 1 saturated heterocycles. The molecule has 1 aromatic carbocycles. The van der Waals surface area contributed by atoms with Crippen molar-refractivity contribution < 1.29 is 4.74 Å². The molecular weight excluding hydrogens is 360 g/mol. The smallest absolute Gasteiger partial charge is 0.146 e. The van der Waals surface area contributed by atoms with Gasteiger partial charge in [-0.1, -0.05) is 50.6 Å². The lowest BCUT2D eigenvalue weighted by atomic mass is 9.95. The number of aromatic nitrogens is 3. The summed E-state index contributed by atoms with van der Waals surface area (Å²) >= 11 is 6.38. The number of fused-ring (bicyclic) bond motifs is 1. The summed E-state index contributed by atoms with van der Waals surface area (Å²) in [6.45, 7) is 10.3. The van der Waals surface area contributed by atoms with Crippen molar-refractivity contribution in [2.45, 2.75) is 32.7 Å². The summed E-state index contributed by atoms with van der Waals surface area (Å²) in [5.74, 6) is 1.86. The molecule has 27 heavy (non-hydrogen) atoms. The topological polar surface area (TPSA) is 43.2 Å². The fourth-order valence-corrected chi connectivity index (χ4v) is 3.53. The zero-order valence-corrected chi connectivity index (χ0v) is 16.8. The molecule has 0 bridgehead atoms. The summed E-state index contributed by atoms with van der Waals surface area (Å²) in [5, 5.41) is 1.86. The number of hydrogen-bond donors (Lipinski definition) is 0. The van der Waals surface area contributed by atoms with Crippen LogP contribution in [-0.2, 0) is 16.7 Å². The largest absolute Gasteiger partial charge is 0.378 e. The third-order valence-electron chi connectivity index (χ3n) is 4.88. The molecule has 6 heteroatoms. The number of morpholine rings is 1. The van der Waals surface area contributed by atoms with Crippen molar-refractivity contribution >= 4 is 28.5 Å². The molecule has 1 aliphatic rings. The van der Waals surface area contributed by atoms with Crippen LogP contribution in [0.15, 0.2) is 36.5 Å². The maximum absolute atomic E-state index is 6.38. The standard InChI is InChI=1S/C21H25ClN4O/c1-21(2,3)20-23-18(25-10-12-27-13-11-25)16-8-9-26(19(16)24-20)14-15-6-4-5-7-17(15)22/h4-9H,10-14H2,1-3H3. The van der Waals surface area contributed by atoms with Gasteiger partial charge in [-0.15, -0.1) is 0 Å². The summed E-state index contributed by atoms with van der Waals surface area (Å²) in [6, 6.07) is 10.1. The number of anilines is 1. The predicted molar refractivity (Wildman–Crippen MR) is 110 cm³/mol. The SMILES string of the molecule is CC(C)(C)c1nc(N2CCOCC2)c2ccn(Cc3ccccc3Cl)c2n1. The molecule has 142 valence electrons.